The van der Waals surface area contributed by atoms with Crippen LogP contribution in [0, 0.1) is 0 Å². The number of rotatable bonds is 7. The molecule has 0 radical (unpaired) electrons. The second-order valence-corrected chi connectivity index (χ2v) is 6.43. The molecule has 0 amide bonds. The molecule has 1 aromatic heterocycles. The molecular formula is C19H21N3O7. The number of aromatic amines is 1. The zero-order valence-corrected chi connectivity index (χ0v) is 15.5. The van der Waals surface area contributed by atoms with E-state index in [-0.39, 0.29) is 11.1 Å². The Balaban J connectivity index is 1.92. The maximum Gasteiger partial charge on any atom is 0.342 e. The summed E-state index contributed by atoms with van der Waals surface area (Å²) in [5.74, 6) is -3.00. The van der Waals surface area contributed by atoms with Gasteiger partial charge in [0.1, 0.15) is 29.3 Å². The van der Waals surface area contributed by atoms with Gasteiger partial charge < -0.3 is 30.4 Å². The van der Waals surface area contributed by atoms with Gasteiger partial charge in [-0.25, -0.2) is 9.59 Å². The van der Waals surface area contributed by atoms with Gasteiger partial charge in [-0.3, -0.25) is 9.69 Å². The van der Waals surface area contributed by atoms with Crippen molar-refractivity contribution >= 4 is 17.8 Å². The average molecular weight is 403 g/mol. The Hall–Kier alpha value is -3.37. The molecule has 0 spiro atoms. The van der Waals surface area contributed by atoms with Gasteiger partial charge in [-0.15, -0.1) is 0 Å². The lowest BCUT2D eigenvalue weighted by atomic mass is 9.95. The molecule has 0 saturated carbocycles. The van der Waals surface area contributed by atoms with Crippen LogP contribution in [0.1, 0.15) is 20.7 Å². The lowest BCUT2D eigenvalue weighted by Gasteiger charge is -2.26. The Kier molecular flexibility index (Phi) is 6.15. The van der Waals surface area contributed by atoms with E-state index in [1.807, 2.05) is 0 Å². The smallest absolute Gasteiger partial charge is 0.342 e. The van der Waals surface area contributed by atoms with E-state index in [0.29, 0.717) is 32.1 Å². The van der Waals surface area contributed by atoms with Gasteiger partial charge >= 0.3 is 11.9 Å². The molecule has 0 atom stereocenters. The molecule has 0 bridgehead atoms. The summed E-state index contributed by atoms with van der Waals surface area (Å²) in [4.78, 5) is 39.7. The molecule has 3 rings (SSSR count). The summed E-state index contributed by atoms with van der Waals surface area (Å²) in [5.41, 5.74) is 3.45. The van der Waals surface area contributed by atoms with Crippen molar-refractivity contribution < 1.29 is 29.3 Å². The molecule has 29 heavy (non-hydrogen) atoms. The standard InChI is InChI=1S/C19H21N3O7/c20-16-14(18(24)25)13(15(19(26)27)17(23)21-16)11-2-1-3-12(10-11)29-9-6-22-4-7-28-8-5-22/h1-3,10H,4-9H2,(H,24,25)(H,26,27)(H3,20,21,23). The second kappa shape index (κ2) is 8.76. The molecular weight excluding hydrogens is 382 g/mol. The van der Waals surface area contributed by atoms with E-state index in [1.165, 1.54) is 12.1 Å². The number of carboxylic acids is 2. The van der Waals surface area contributed by atoms with Crippen molar-refractivity contribution in [2.45, 2.75) is 0 Å². The summed E-state index contributed by atoms with van der Waals surface area (Å²) < 4.78 is 11.0. The van der Waals surface area contributed by atoms with Gasteiger partial charge in [-0.2, -0.15) is 0 Å². The van der Waals surface area contributed by atoms with Crippen LogP contribution >= 0.6 is 0 Å². The number of nitrogen functional groups attached to an aromatic ring is 1. The largest absolute Gasteiger partial charge is 0.492 e. The van der Waals surface area contributed by atoms with Crippen molar-refractivity contribution in [3.8, 4) is 16.9 Å². The summed E-state index contributed by atoms with van der Waals surface area (Å²) in [7, 11) is 0. The van der Waals surface area contributed by atoms with Gasteiger partial charge in [-0.05, 0) is 17.7 Å². The number of anilines is 1. The van der Waals surface area contributed by atoms with E-state index in [4.69, 9.17) is 15.2 Å². The van der Waals surface area contributed by atoms with Gasteiger partial charge in [0.25, 0.3) is 5.56 Å². The number of carbonyl (C=O) groups is 2. The molecule has 0 aliphatic carbocycles. The molecule has 0 unspecified atom stereocenters. The number of ether oxygens (including phenoxy) is 2. The molecule has 10 heteroatoms. The van der Waals surface area contributed by atoms with Crippen LogP contribution in [-0.2, 0) is 4.74 Å². The van der Waals surface area contributed by atoms with Crippen molar-refractivity contribution in [2.75, 3.05) is 45.2 Å². The van der Waals surface area contributed by atoms with Crippen molar-refractivity contribution in [1.82, 2.24) is 9.88 Å². The molecule has 1 aromatic carbocycles. The quantitative estimate of drug-likeness (QED) is 0.523. The van der Waals surface area contributed by atoms with E-state index >= 15 is 0 Å². The Bertz CT molecular complexity index is 980. The summed E-state index contributed by atoms with van der Waals surface area (Å²) in [6.07, 6.45) is 0. The van der Waals surface area contributed by atoms with Gasteiger partial charge in [0.05, 0.1) is 13.2 Å². The minimum absolute atomic E-state index is 0.210. The highest BCUT2D eigenvalue weighted by Gasteiger charge is 2.26. The predicted molar refractivity (Wildman–Crippen MR) is 104 cm³/mol. The zero-order chi connectivity index (χ0) is 21.0. The first kappa shape index (κ1) is 20.4. The summed E-state index contributed by atoms with van der Waals surface area (Å²) in [6.45, 7) is 4.06. The van der Waals surface area contributed by atoms with E-state index in [1.54, 1.807) is 12.1 Å². The van der Waals surface area contributed by atoms with Crippen molar-refractivity contribution in [3.05, 3.63) is 45.7 Å². The summed E-state index contributed by atoms with van der Waals surface area (Å²) >= 11 is 0. The highest BCUT2D eigenvalue weighted by molar-refractivity contribution is 6.07. The number of morpholine rings is 1. The third-order valence-electron chi connectivity index (χ3n) is 4.57. The number of H-pyrrole nitrogens is 1. The molecule has 1 saturated heterocycles. The van der Waals surface area contributed by atoms with Crippen molar-refractivity contribution in [2.24, 2.45) is 0 Å². The van der Waals surface area contributed by atoms with Gasteiger partial charge in [-0.1, -0.05) is 12.1 Å². The number of hydrogen-bond acceptors (Lipinski definition) is 7. The third kappa shape index (κ3) is 4.55. The fourth-order valence-electron chi connectivity index (χ4n) is 3.19. The zero-order valence-electron chi connectivity index (χ0n) is 15.5. The number of aromatic carboxylic acids is 2. The molecule has 1 fully saturated rings. The lowest BCUT2D eigenvalue weighted by molar-refractivity contribution is 0.0322. The number of pyridine rings is 1. The maximum absolute atomic E-state index is 12.1. The molecule has 1 aliphatic rings. The second-order valence-electron chi connectivity index (χ2n) is 6.43. The van der Waals surface area contributed by atoms with E-state index in [0.717, 1.165) is 13.1 Å². The number of aromatic nitrogens is 1. The van der Waals surface area contributed by atoms with E-state index in [2.05, 4.69) is 9.88 Å². The van der Waals surface area contributed by atoms with Crippen LogP contribution in [0.3, 0.4) is 0 Å². The van der Waals surface area contributed by atoms with E-state index in [9.17, 15) is 24.6 Å². The molecule has 5 N–H and O–H groups in total. The Morgan fingerprint density at radius 2 is 1.86 bits per heavy atom. The molecule has 154 valence electrons. The first-order valence-electron chi connectivity index (χ1n) is 8.94. The Morgan fingerprint density at radius 1 is 1.17 bits per heavy atom. The fraction of sp³-hybridized carbons (Fsp3) is 0.316. The number of nitrogens with two attached hydrogens (primary N) is 1. The number of benzene rings is 1. The SMILES string of the molecule is Nc1[nH]c(=O)c(C(=O)O)c(-c2cccc(OCCN3CCOCC3)c2)c1C(=O)O. The number of carboxylic acid groups (broad SMARTS) is 2. The monoisotopic (exact) mass is 403 g/mol. The summed E-state index contributed by atoms with van der Waals surface area (Å²) in [6, 6.07) is 6.25. The minimum atomic E-state index is -1.55. The van der Waals surface area contributed by atoms with Crippen LogP contribution in [0.5, 0.6) is 5.75 Å². The van der Waals surface area contributed by atoms with Gasteiger partial charge in [0.2, 0.25) is 0 Å². The molecule has 1 aliphatic heterocycles. The highest BCUT2D eigenvalue weighted by Crippen LogP contribution is 2.31. The summed E-state index contributed by atoms with van der Waals surface area (Å²) in [5, 5.41) is 19.0. The molecule has 2 heterocycles. The van der Waals surface area contributed by atoms with Crippen LogP contribution in [0.4, 0.5) is 5.82 Å². The van der Waals surface area contributed by atoms with Crippen molar-refractivity contribution in [3.63, 3.8) is 0 Å². The number of nitrogens with one attached hydrogen (secondary N) is 1. The number of hydrogen-bond donors (Lipinski definition) is 4. The van der Waals surface area contributed by atoms with Crippen LogP contribution in [-0.4, -0.2) is 71.5 Å². The normalized spacial score (nSPS) is 14.5. The van der Waals surface area contributed by atoms with E-state index < -0.39 is 34.4 Å². The lowest BCUT2D eigenvalue weighted by Crippen LogP contribution is -2.38. The van der Waals surface area contributed by atoms with Gasteiger partial charge in [0.15, 0.2) is 0 Å². The Morgan fingerprint density at radius 3 is 2.52 bits per heavy atom. The van der Waals surface area contributed by atoms with Crippen LogP contribution in [0.15, 0.2) is 29.1 Å². The predicted octanol–water partition coefficient (Wildman–Crippen LogP) is 0.732. The number of nitrogens with zero attached hydrogens (tertiary/aromatic N) is 1. The molecule has 10 nitrogen and oxygen atoms in total. The van der Waals surface area contributed by atoms with Crippen molar-refractivity contribution in [1.29, 1.82) is 0 Å². The first-order chi connectivity index (χ1) is 13.9. The van der Waals surface area contributed by atoms with Crippen LogP contribution in [0.25, 0.3) is 11.1 Å². The Labute approximate surface area is 165 Å². The fourth-order valence-corrected chi connectivity index (χ4v) is 3.19. The van der Waals surface area contributed by atoms with Gasteiger partial charge in [0, 0.05) is 25.2 Å². The average Bonchev–Trinajstić information content (AvgIpc) is 2.67. The minimum Gasteiger partial charge on any atom is -0.492 e. The topological polar surface area (TPSA) is 155 Å². The molecule has 2 aromatic rings. The highest BCUT2D eigenvalue weighted by atomic mass is 16.5. The third-order valence-corrected chi connectivity index (χ3v) is 4.57. The first-order valence-corrected chi connectivity index (χ1v) is 8.94. The maximum atomic E-state index is 12.1. The van der Waals surface area contributed by atoms with Crippen LogP contribution in [0.2, 0.25) is 0 Å². The van der Waals surface area contributed by atoms with Crippen LogP contribution < -0.4 is 16.0 Å².